The Morgan fingerprint density at radius 3 is 2.72 bits per heavy atom. The molecular formula is C14H12N2O2. The van der Waals surface area contributed by atoms with E-state index in [0.29, 0.717) is 22.5 Å². The van der Waals surface area contributed by atoms with E-state index in [0.717, 1.165) is 11.3 Å². The molecule has 18 heavy (non-hydrogen) atoms. The molecule has 90 valence electrons. The molecular weight excluding hydrogens is 228 g/mol. The first-order valence-electron chi connectivity index (χ1n) is 5.71. The van der Waals surface area contributed by atoms with Crippen LogP contribution < -0.4 is 5.56 Å². The van der Waals surface area contributed by atoms with Crippen LogP contribution in [-0.4, -0.2) is 9.97 Å². The van der Waals surface area contributed by atoms with Crippen LogP contribution in [0.15, 0.2) is 39.5 Å². The summed E-state index contributed by atoms with van der Waals surface area (Å²) in [5, 5.41) is 0.584. The van der Waals surface area contributed by atoms with Crippen LogP contribution in [0.25, 0.3) is 22.5 Å². The number of fused-ring (bicyclic) bond motifs is 1. The van der Waals surface area contributed by atoms with Gasteiger partial charge in [0.05, 0.1) is 10.9 Å². The first kappa shape index (κ1) is 10.8. The number of aromatic amines is 1. The summed E-state index contributed by atoms with van der Waals surface area (Å²) in [6.45, 7) is 3.85. The molecule has 0 aliphatic carbocycles. The topological polar surface area (TPSA) is 58.9 Å². The van der Waals surface area contributed by atoms with Gasteiger partial charge in [-0.1, -0.05) is 12.1 Å². The molecule has 0 aliphatic rings. The van der Waals surface area contributed by atoms with Crippen LogP contribution in [0.5, 0.6) is 0 Å². The minimum absolute atomic E-state index is 0.151. The van der Waals surface area contributed by atoms with Crippen molar-refractivity contribution in [2.75, 3.05) is 0 Å². The molecule has 0 spiro atoms. The molecule has 3 rings (SSSR count). The van der Waals surface area contributed by atoms with E-state index in [1.807, 2.05) is 38.1 Å². The van der Waals surface area contributed by atoms with Gasteiger partial charge in [-0.2, -0.15) is 0 Å². The Morgan fingerprint density at radius 2 is 2.00 bits per heavy atom. The highest BCUT2D eigenvalue weighted by Gasteiger charge is 2.10. The van der Waals surface area contributed by atoms with Crippen molar-refractivity contribution in [2.24, 2.45) is 0 Å². The second-order valence-corrected chi connectivity index (χ2v) is 4.28. The quantitative estimate of drug-likeness (QED) is 0.711. The number of hydrogen-bond acceptors (Lipinski definition) is 3. The standard InChI is InChI=1S/C14H12N2O2/c1-8-7-12(18-9(8)2)13-15-11-6-4-3-5-10(11)14(17)16-13/h3-7H,1-2H3,(H,15,16,17). The molecule has 0 unspecified atom stereocenters. The van der Waals surface area contributed by atoms with Crippen molar-refractivity contribution in [3.05, 3.63) is 52.0 Å². The molecule has 1 N–H and O–H groups in total. The lowest BCUT2D eigenvalue weighted by Crippen LogP contribution is -2.08. The maximum absolute atomic E-state index is 11.9. The van der Waals surface area contributed by atoms with Crippen molar-refractivity contribution in [3.8, 4) is 11.6 Å². The van der Waals surface area contributed by atoms with Gasteiger partial charge in [-0.25, -0.2) is 4.98 Å². The molecule has 4 nitrogen and oxygen atoms in total. The van der Waals surface area contributed by atoms with Gasteiger partial charge in [0.1, 0.15) is 5.76 Å². The first-order chi connectivity index (χ1) is 8.65. The summed E-state index contributed by atoms with van der Waals surface area (Å²) < 4.78 is 5.57. The van der Waals surface area contributed by atoms with Gasteiger partial charge in [0.25, 0.3) is 5.56 Å². The number of hydrogen-bond donors (Lipinski definition) is 1. The van der Waals surface area contributed by atoms with Gasteiger partial charge in [0.15, 0.2) is 11.6 Å². The monoisotopic (exact) mass is 240 g/mol. The summed E-state index contributed by atoms with van der Waals surface area (Å²) in [6.07, 6.45) is 0. The molecule has 0 radical (unpaired) electrons. The van der Waals surface area contributed by atoms with Gasteiger partial charge < -0.3 is 9.40 Å². The van der Waals surface area contributed by atoms with Crippen LogP contribution >= 0.6 is 0 Å². The lowest BCUT2D eigenvalue weighted by atomic mass is 10.2. The van der Waals surface area contributed by atoms with Gasteiger partial charge in [-0.15, -0.1) is 0 Å². The average molecular weight is 240 g/mol. The Bertz CT molecular complexity index is 764. The largest absolute Gasteiger partial charge is 0.458 e. The van der Waals surface area contributed by atoms with E-state index in [9.17, 15) is 4.79 Å². The molecule has 0 amide bonds. The van der Waals surface area contributed by atoms with Crippen molar-refractivity contribution >= 4 is 10.9 Å². The number of benzene rings is 1. The molecule has 2 heterocycles. The fraction of sp³-hybridized carbons (Fsp3) is 0.143. The summed E-state index contributed by atoms with van der Waals surface area (Å²) in [5.41, 5.74) is 1.56. The van der Waals surface area contributed by atoms with E-state index in [-0.39, 0.29) is 5.56 Å². The summed E-state index contributed by atoms with van der Waals surface area (Å²) in [7, 11) is 0. The number of aryl methyl sites for hydroxylation is 2. The Kier molecular flexibility index (Phi) is 2.30. The molecule has 3 aromatic rings. The van der Waals surface area contributed by atoms with Gasteiger partial charge in [0, 0.05) is 0 Å². The lowest BCUT2D eigenvalue weighted by molar-refractivity contribution is 0.541. The van der Waals surface area contributed by atoms with Crippen molar-refractivity contribution in [2.45, 2.75) is 13.8 Å². The van der Waals surface area contributed by atoms with Crippen molar-refractivity contribution < 1.29 is 4.42 Å². The predicted octanol–water partition coefficient (Wildman–Crippen LogP) is 2.80. The SMILES string of the molecule is Cc1cc(-c2nc3ccccc3c(=O)[nH]2)oc1C. The summed E-state index contributed by atoms with van der Waals surface area (Å²) in [5.74, 6) is 1.89. The Labute approximate surface area is 103 Å². The summed E-state index contributed by atoms with van der Waals surface area (Å²) in [4.78, 5) is 19.1. The zero-order valence-electron chi connectivity index (χ0n) is 10.2. The number of furan rings is 1. The van der Waals surface area contributed by atoms with E-state index in [2.05, 4.69) is 9.97 Å². The zero-order valence-corrected chi connectivity index (χ0v) is 10.2. The second kappa shape index (κ2) is 3.84. The maximum Gasteiger partial charge on any atom is 0.259 e. The van der Waals surface area contributed by atoms with Crippen LogP contribution in [0.1, 0.15) is 11.3 Å². The third kappa shape index (κ3) is 1.62. The molecule has 2 aromatic heterocycles. The summed E-state index contributed by atoms with van der Waals surface area (Å²) >= 11 is 0. The van der Waals surface area contributed by atoms with Crippen LogP contribution in [-0.2, 0) is 0 Å². The number of aromatic nitrogens is 2. The average Bonchev–Trinajstić information content (AvgIpc) is 2.70. The van der Waals surface area contributed by atoms with Crippen molar-refractivity contribution in [1.82, 2.24) is 9.97 Å². The van der Waals surface area contributed by atoms with E-state index in [4.69, 9.17) is 4.42 Å². The molecule has 0 bridgehead atoms. The molecule has 0 fully saturated rings. The molecule has 0 saturated heterocycles. The van der Waals surface area contributed by atoms with E-state index in [1.165, 1.54) is 0 Å². The van der Waals surface area contributed by atoms with Crippen molar-refractivity contribution in [1.29, 1.82) is 0 Å². The van der Waals surface area contributed by atoms with Crippen LogP contribution in [0, 0.1) is 13.8 Å². The third-order valence-electron chi connectivity index (χ3n) is 3.01. The minimum atomic E-state index is -0.151. The number of rotatable bonds is 1. The minimum Gasteiger partial charge on any atom is -0.458 e. The number of para-hydroxylation sites is 1. The van der Waals surface area contributed by atoms with E-state index >= 15 is 0 Å². The normalized spacial score (nSPS) is 11.0. The predicted molar refractivity (Wildman–Crippen MR) is 69.5 cm³/mol. The van der Waals surface area contributed by atoms with Crippen LogP contribution in [0.2, 0.25) is 0 Å². The Hall–Kier alpha value is -2.36. The number of nitrogens with one attached hydrogen (secondary N) is 1. The molecule has 0 aliphatic heterocycles. The molecule has 4 heteroatoms. The zero-order chi connectivity index (χ0) is 12.7. The first-order valence-corrected chi connectivity index (χ1v) is 5.71. The van der Waals surface area contributed by atoms with Crippen molar-refractivity contribution in [3.63, 3.8) is 0 Å². The van der Waals surface area contributed by atoms with Crippen LogP contribution in [0.3, 0.4) is 0 Å². The van der Waals surface area contributed by atoms with Gasteiger partial charge in [0.2, 0.25) is 0 Å². The number of nitrogens with zero attached hydrogens (tertiary/aromatic N) is 1. The van der Waals surface area contributed by atoms with E-state index in [1.54, 1.807) is 6.07 Å². The molecule has 0 saturated carbocycles. The van der Waals surface area contributed by atoms with Crippen LogP contribution in [0.4, 0.5) is 0 Å². The fourth-order valence-corrected chi connectivity index (χ4v) is 1.89. The van der Waals surface area contributed by atoms with Gasteiger partial charge >= 0.3 is 0 Å². The molecule has 1 aromatic carbocycles. The second-order valence-electron chi connectivity index (χ2n) is 4.28. The van der Waals surface area contributed by atoms with E-state index < -0.39 is 0 Å². The highest BCUT2D eigenvalue weighted by molar-refractivity contribution is 5.78. The lowest BCUT2D eigenvalue weighted by Gasteiger charge is -1.99. The molecule has 0 atom stereocenters. The maximum atomic E-state index is 11.9. The summed E-state index contributed by atoms with van der Waals surface area (Å²) in [6, 6.07) is 9.12. The smallest absolute Gasteiger partial charge is 0.259 e. The fourth-order valence-electron chi connectivity index (χ4n) is 1.89. The van der Waals surface area contributed by atoms with Gasteiger partial charge in [-0.3, -0.25) is 4.79 Å². The highest BCUT2D eigenvalue weighted by Crippen LogP contribution is 2.22. The number of H-pyrrole nitrogens is 1. The Morgan fingerprint density at radius 1 is 1.22 bits per heavy atom. The Balaban J connectivity index is 2.27. The highest BCUT2D eigenvalue weighted by atomic mass is 16.3. The van der Waals surface area contributed by atoms with Gasteiger partial charge in [-0.05, 0) is 37.6 Å². The third-order valence-corrected chi connectivity index (χ3v) is 3.01.